The van der Waals surface area contributed by atoms with Gasteiger partial charge in [-0.3, -0.25) is 14.6 Å². The largest absolute Gasteiger partial charge is 0.494 e. The standard InChI is InChI=1S/C20H22N8O2/c1-5-13-15-16(12(20(29)21-2)9-22-19(15)26-25-13)24-14-8-6-7-11(17(14)30-4)18-23-10-28(3)27-18/h6-10H,5H2,1-4H3,(H,21,29)(H2,22,24,25,26). The molecule has 0 spiro atoms. The van der Waals surface area contributed by atoms with E-state index in [-0.39, 0.29) is 5.91 Å². The molecule has 0 saturated carbocycles. The quantitative estimate of drug-likeness (QED) is 0.449. The van der Waals surface area contributed by atoms with E-state index in [2.05, 4.69) is 35.9 Å². The summed E-state index contributed by atoms with van der Waals surface area (Å²) in [5.74, 6) is 0.858. The molecule has 4 aromatic rings. The first-order valence-electron chi connectivity index (χ1n) is 9.45. The van der Waals surface area contributed by atoms with Gasteiger partial charge in [-0.15, -0.1) is 0 Å². The third-order valence-corrected chi connectivity index (χ3v) is 4.79. The monoisotopic (exact) mass is 406 g/mol. The van der Waals surface area contributed by atoms with E-state index in [1.807, 2.05) is 25.1 Å². The minimum atomic E-state index is -0.253. The average molecular weight is 406 g/mol. The molecule has 1 aromatic carbocycles. The predicted molar refractivity (Wildman–Crippen MR) is 113 cm³/mol. The van der Waals surface area contributed by atoms with Gasteiger partial charge in [0.15, 0.2) is 17.2 Å². The number of fused-ring (bicyclic) bond motifs is 1. The van der Waals surface area contributed by atoms with Crippen LogP contribution in [0.1, 0.15) is 23.0 Å². The Hall–Kier alpha value is -3.95. The van der Waals surface area contributed by atoms with Gasteiger partial charge in [0.2, 0.25) is 0 Å². The third kappa shape index (κ3) is 3.21. The summed E-state index contributed by atoms with van der Waals surface area (Å²) in [5.41, 5.74) is 3.83. The highest BCUT2D eigenvalue weighted by molar-refractivity contribution is 6.08. The normalized spacial score (nSPS) is 10.9. The molecule has 4 rings (SSSR count). The number of H-pyrrole nitrogens is 1. The van der Waals surface area contributed by atoms with Crippen molar-refractivity contribution in [3.63, 3.8) is 0 Å². The molecule has 1 amide bonds. The molecule has 0 aliphatic carbocycles. The van der Waals surface area contributed by atoms with Crippen LogP contribution in [-0.4, -0.2) is 50.0 Å². The van der Waals surface area contributed by atoms with Gasteiger partial charge in [0, 0.05) is 20.3 Å². The molecule has 3 N–H and O–H groups in total. The second-order valence-electron chi connectivity index (χ2n) is 6.63. The highest BCUT2D eigenvalue weighted by Gasteiger charge is 2.21. The van der Waals surface area contributed by atoms with Crippen molar-refractivity contribution in [2.45, 2.75) is 13.3 Å². The highest BCUT2D eigenvalue weighted by atomic mass is 16.5. The average Bonchev–Trinajstić information content (AvgIpc) is 3.39. The lowest BCUT2D eigenvalue weighted by molar-refractivity contribution is 0.0963. The van der Waals surface area contributed by atoms with E-state index in [0.717, 1.165) is 16.6 Å². The van der Waals surface area contributed by atoms with Crippen molar-refractivity contribution in [1.82, 2.24) is 35.3 Å². The molecule has 0 aliphatic rings. The fourth-order valence-electron chi connectivity index (χ4n) is 3.37. The second kappa shape index (κ2) is 7.82. The Morgan fingerprint density at radius 2 is 2.13 bits per heavy atom. The zero-order valence-corrected chi connectivity index (χ0v) is 17.1. The number of aryl methyl sites for hydroxylation is 2. The number of carbonyl (C=O) groups is 1. The molecule has 0 saturated heterocycles. The minimum absolute atomic E-state index is 0.253. The van der Waals surface area contributed by atoms with Crippen LogP contribution in [0.5, 0.6) is 5.75 Å². The Labute approximate surface area is 172 Å². The Balaban J connectivity index is 1.90. The number of ether oxygens (including phenoxy) is 1. The van der Waals surface area contributed by atoms with Crippen molar-refractivity contribution in [2.75, 3.05) is 19.5 Å². The summed E-state index contributed by atoms with van der Waals surface area (Å²) in [6.45, 7) is 2.00. The Morgan fingerprint density at radius 1 is 1.30 bits per heavy atom. The van der Waals surface area contributed by atoms with Gasteiger partial charge in [-0.25, -0.2) is 9.97 Å². The fraction of sp³-hybridized carbons (Fsp3) is 0.250. The molecule has 154 valence electrons. The number of benzene rings is 1. The van der Waals surface area contributed by atoms with E-state index >= 15 is 0 Å². The summed E-state index contributed by atoms with van der Waals surface area (Å²) in [4.78, 5) is 21.2. The lowest BCUT2D eigenvalue weighted by Crippen LogP contribution is -2.19. The van der Waals surface area contributed by atoms with Crippen molar-refractivity contribution in [3.8, 4) is 17.1 Å². The van der Waals surface area contributed by atoms with Crippen LogP contribution in [-0.2, 0) is 13.5 Å². The van der Waals surface area contributed by atoms with Crippen LogP contribution in [0.15, 0.2) is 30.7 Å². The summed E-state index contributed by atoms with van der Waals surface area (Å²) >= 11 is 0. The maximum Gasteiger partial charge on any atom is 0.254 e. The molecule has 0 bridgehead atoms. The van der Waals surface area contributed by atoms with Gasteiger partial charge in [-0.1, -0.05) is 13.0 Å². The van der Waals surface area contributed by atoms with Gasteiger partial charge >= 0.3 is 0 Å². The number of amides is 1. The van der Waals surface area contributed by atoms with Crippen LogP contribution in [0.4, 0.5) is 11.4 Å². The first-order chi connectivity index (χ1) is 14.6. The Morgan fingerprint density at radius 3 is 2.80 bits per heavy atom. The van der Waals surface area contributed by atoms with E-state index in [1.165, 1.54) is 6.20 Å². The second-order valence-corrected chi connectivity index (χ2v) is 6.63. The molecule has 0 radical (unpaired) electrons. The van der Waals surface area contributed by atoms with Crippen LogP contribution in [0.25, 0.3) is 22.4 Å². The third-order valence-electron chi connectivity index (χ3n) is 4.79. The summed E-state index contributed by atoms with van der Waals surface area (Å²) in [6, 6.07) is 5.64. The van der Waals surface area contributed by atoms with Gasteiger partial charge in [0.1, 0.15) is 6.33 Å². The maximum atomic E-state index is 12.6. The molecular formula is C20H22N8O2. The van der Waals surface area contributed by atoms with E-state index in [0.29, 0.717) is 40.6 Å². The summed E-state index contributed by atoms with van der Waals surface area (Å²) in [5, 5.41) is 18.5. The van der Waals surface area contributed by atoms with Crippen LogP contribution in [0.3, 0.4) is 0 Å². The lowest BCUT2D eigenvalue weighted by Gasteiger charge is -2.17. The number of pyridine rings is 1. The molecular weight excluding hydrogens is 384 g/mol. The minimum Gasteiger partial charge on any atom is -0.494 e. The molecule has 30 heavy (non-hydrogen) atoms. The zero-order chi connectivity index (χ0) is 21.3. The van der Waals surface area contributed by atoms with Gasteiger partial charge < -0.3 is 15.4 Å². The van der Waals surface area contributed by atoms with Crippen molar-refractivity contribution in [2.24, 2.45) is 7.05 Å². The highest BCUT2D eigenvalue weighted by Crippen LogP contribution is 2.39. The number of aromatic nitrogens is 6. The number of hydrogen-bond donors (Lipinski definition) is 3. The molecule has 0 fully saturated rings. The molecule has 0 unspecified atom stereocenters. The number of para-hydroxylation sites is 1. The molecule has 3 heterocycles. The topological polar surface area (TPSA) is 123 Å². The number of carbonyl (C=O) groups excluding carboxylic acids is 1. The first-order valence-corrected chi connectivity index (χ1v) is 9.45. The van der Waals surface area contributed by atoms with Gasteiger partial charge in [-0.2, -0.15) is 10.2 Å². The van der Waals surface area contributed by atoms with Crippen molar-refractivity contribution in [3.05, 3.63) is 42.0 Å². The van der Waals surface area contributed by atoms with Crippen molar-refractivity contribution in [1.29, 1.82) is 0 Å². The number of aromatic amines is 1. The molecule has 10 heteroatoms. The predicted octanol–water partition coefficient (Wildman–Crippen LogP) is 2.43. The first kappa shape index (κ1) is 19.4. The van der Waals surface area contributed by atoms with Gasteiger partial charge in [-0.05, 0) is 18.6 Å². The molecule has 10 nitrogen and oxygen atoms in total. The fourth-order valence-corrected chi connectivity index (χ4v) is 3.37. The number of nitrogens with zero attached hydrogens (tertiary/aromatic N) is 5. The maximum absolute atomic E-state index is 12.6. The van der Waals surface area contributed by atoms with Crippen molar-refractivity contribution >= 4 is 28.3 Å². The van der Waals surface area contributed by atoms with Crippen molar-refractivity contribution < 1.29 is 9.53 Å². The number of anilines is 2. The molecule has 0 aliphatic heterocycles. The molecule has 3 aromatic heterocycles. The van der Waals surface area contributed by atoms with E-state index in [4.69, 9.17) is 4.74 Å². The van der Waals surface area contributed by atoms with Crippen LogP contribution in [0.2, 0.25) is 0 Å². The molecule has 0 atom stereocenters. The number of nitrogens with one attached hydrogen (secondary N) is 3. The smallest absolute Gasteiger partial charge is 0.254 e. The van der Waals surface area contributed by atoms with E-state index < -0.39 is 0 Å². The lowest BCUT2D eigenvalue weighted by atomic mass is 10.1. The Kier molecular flexibility index (Phi) is 5.05. The summed E-state index contributed by atoms with van der Waals surface area (Å²) < 4.78 is 7.33. The summed E-state index contributed by atoms with van der Waals surface area (Å²) in [7, 11) is 4.98. The van der Waals surface area contributed by atoms with Crippen LogP contribution in [0, 0.1) is 0 Å². The number of methoxy groups -OCH3 is 1. The van der Waals surface area contributed by atoms with Gasteiger partial charge in [0.25, 0.3) is 5.91 Å². The SMILES string of the molecule is CCc1n[nH]c2ncc(C(=O)NC)c(Nc3cccc(-c4ncn(C)n4)c3OC)c12. The number of rotatable bonds is 6. The van der Waals surface area contributed by atoms with E-state index in [9.17, 15) is 4.79 Å². The van der Waals surface area contributed by atoms with Crippen LogP contribution < -0.4 is 15.4 Å². The number of hydrogen-bond acceptors (Lipinski definition) is 7. The summed E-state index contributed by atoms with van der Waals surface area (Å²) in [6.07, 6.45) is 3.84. The van der Waals surface area contributed by atoms with E-state index in [1.54, 1.807) is 32.2 Å². The van der Waals surface area contributed by atoms with Gasteiger partial charge in [0.05, 0.1) is 40.7 Å². The Bertz CT molecular complexity index is 1230. The van der Waals surface area contributed by atoms with Crippen LogP contribution >= 0.6 is 0 Å². The zero-order valence-electron chi connectivity index (χ0n) is 17.1.